The fourth-order valence-electron chi connectivity index (χ4n) is 1.91. The Kier molecular flexibility index (Phi) is 4.79. The molecule has 0 atom stereocenters. The molecule has 0 spiro atoms. The Morgan fingerprint density at radius 3 is 2.70 bits per heavy atom. The number of benzene rings is 1. The standard InChI is InChI=1S/C14H15F2N3O3S/c1-9(2)6-19-7-12(17-8-19)23(21,22)18-14(20)10-4-3-5-11(15)13(10)16/h3-5,7-9H,6H2,1-2H3,(H,18,20). The number of carbonyl (C=O) groups excluding carboxylic acids is 1. The summed E-state index contributed by atoms with van der Waals surface area (Å²) in [6, 6.07) is 2.92. The number of hydrogen-bond acceptors (Lipinski definition) is 4. The summed E-state index contributed by atoms with van der Waals surface area (Å²) in [6.07, 6.45) is 2.58. The number of rotatable bonds is 5. The van der Waals surface area contributed by atoms with Crippen LogP contribution in [0, 0.1) is 17.6 Å². The van der Waals surface area contributed by atoms with E-state index in [1.807, 2.05) is 13.8 Å². The minimum absolute atomic E-state index is 0.274. The van der Waals surface area contributed by atoms with Crippen LogP contribution in [0.25, 0.3) is 0 Å². The van der Waals surface area contributed by atoms with Crippen molar-refractivity contribution in [3.8, 4) is 0 Å². The SMILES string of the molecule is CC(C)Cn1cnc(S(=O)(=O)NC(=O)c2cccc(F)c2F)c1. The Bertz CT molecular complexity index is 832. The predicted molar refractivity (Wildman–Crippen MR) is 78.1 cm³/mol. The fraction of sp³-hybridized carbons (Fsp3) is 0.286. The van der Waals surface area contributed by atoms with Crippen molar-refractivity contribution in [1.82, 2.24) is 14.3 Å². The second-order valence-electron chi connectivity index (χ2n) is 5.34. The largest absolute Gasteiger partial charge is 0.336 e. The average molecular weight is 343 g/mol. The normalized spacial score (nSPS) is 11.7. The Morgan fingerprint density at radius 1 is 1.35 bits per heavy atom. The first kappa shape index (κ1) is 17.1. The van der Waals surface area contributed by atoms with Crippen LogP contribution in [0.1, 0.15) is 24.2 Å². The molecule has 124 valence electrons. The number of amides is 1. The van der Waals surface area contributed by atoms with E-state index in [4.69, 9.17) is 0 Å². The summed E-state index contributed by atoms with van der Waals surface area (Å²) in [4.78, 5) is 15.6. The molecule has 1 aromatic carbocycles. The summed E-state index contributed by atoms with van der Waals surface area (Å²) in [5, 5.41) is -0.372. The molecule has 23 heavy (non-hydrogen) atoms. The maximum absolute atomic E-state index is 13.5. The topological polar surface area (TPSA) is 81.1 Å². The molecule has 9 heteroatoms. The van der Waals surface area contributed by atoms with Gasteiger partial charge in [0.25, 0.3) is 15.9 Å². The van der Waals surface area contributed by atoms with Gasteiger partial charge in [-0.25, -0.2) is 18.5 Å². The smallest absolute Gasteiger partial charge is 0.283 e. The zero-order chi connectivity index (χ0) is 17.2. The minimum Gasteiger partial charge on any atom is -0.336 e. The molecule has 0 radical (unpaired) electrons. The van der Waals surface area contributed by atoms with Crippen molar-refractivity contribution in [2.45, 2.75) is 25.4 Å². The van der Waals surface area contributed by atoms with Gasteiger partial charge in [-0.2, -0.15) is 8.42 Å². The van der Waals surface area contributed by atoms with Gasteiger partial charge in [0.1, 0.15) is 0 Å². The predicted octanol–water partition coefficient (Wildman–Crippen LogP) is 1.94. The molecule has 6 nitrogen and oxygen atoms in total. The summed E-state index contributed by atoms with van der Waals surface area (Å²) in [5.41, 5.74) is -0.699. The first-order valence-corrected chi connectivity index (χ1v) is 8.22. The highest BCUT2D eigenvalue weighted by Crippen LogP contribution is 2.13. The molecule has 0 aliphatic rings. The van der Waals surface area contributed by atoms with E-state index in [0.717, 1.165) is 18.2 Å². The molecular formula is C14H15F2N3O3S. The van der Waals surface area contributed by atoms with Gasteiger partial charge in [-0.15, -0.1) is 0 Å². The highest BCUT2D eigenvalue weighted by Gasteiger charge is 2.24. The maximum Gasteiger partial charge on any atom is 0.283 e. The lowest BCUT2D eigenvalue weighted by Crippen LogP contribution is -2.31. The van der Waals surface area contributed by atoms with Gasteiger partial charge in [0.2, 0.25) is 0 Å². The molecule has 0 aliphatic heterocycles. The van der Waals surface area contributed by atoms with Crippen LogP contribution in [0.4, 0.5) is 8.78 Å². The van der Waals surface area contributed by atoms with Crippen molar-refractivity contribution in [2.75, 3.05) is 0 Å². The van der Waals surface area contributed by atoms with Crippen LogP contribution >= 0.6 is 0 Å². The number of halogens is 2. The first-order chi connectivity index (χ1) is 10.7. The third kappa shape index (κ3) is 3.92. The molecule has 0 fully saturated rings. The van der Waals surface area contributed by atoms with Crippen molar-refractivity contribution in [3.63, 3.8) is 0 Å². The van der Waals surface area contributed by atoms with Crippen molar-refractivity contribution in [3.05, 3.63) is 47.9 Å². The lowest BCUT2D eigenvalue weighted by molar-refractivity contribution is 0.0976. The van der Waals surface area contributed by atoms with Gasteiger partial charge in [-0.05, 0) is 18.1 Å². The van der Waals surface area contributed by atoms with Gasteiger partial charge < -0.3 is 4.57 Å². The van der Waals surface area contributed by atoms with Crippen molar-refractivity contribution in [2.24, 2.45) is 5.92 Å². The van der Waals surface area contributed by atoms with Crippen LogP contribution in [0.2, 0.25) is 0 Å². The van der Waals surface area contributed by atoms with Crippen LogP contribution < -0.4 is 4.72 Å². The third-order valence-corrected chi connectivity index (χ3v) is 4.10. The zero-order valence-electron chi connectivity index (χ0n) is 12.5. The summed E-state index contributed by atoms with van der Waals surface area (Å²) in [6.45, 7) is 4.44. The Morgan fingerprint density at radius 2 is 2.04 bits per heavy atom. The van der Waals surface area contributed by atoms with E-state index in [0.29, 0.717) is 6.54 Å². The minimum atomic E-state index is -4.27. The van der Waals surface area contributed by atoms with Crippen molar-refractivity contribution < 1.29 is 22.0 Å². The van der Waals surface area contributed by atoms with Gasteiger partial charge in [-0.1, -0.05) is 19.9 Å². The number of hydrogen-bond donors (Lipinski definition) is 1. The van der Waals surface area contributed by atoms with E-state index in [2.05, 4.69) is 4.98 Å². The highest BCUT2D eigenvalue weighted by atomic mass is 32.2. The molecule has 0 saturated heterocycles. The van der Waals surface area contributed by atoms with Gasteiger partial charge in [0.05, 0.1) is 11.9 Å². The number of aromatic nitrogens is 2. The molecule has 0 unspecified atom stereocenters. The number of sulfonamides is 1. The summed E-state index contributed by atoms with van der Waals surface area (Å²) in [5.74, 6) is -3.64. The van der Waals surface area contributed by atoms with E-state index < -0.39 is 33.1 Å². The Labute approximate surface area is 132 Å². The van der Waals surface area contributed by atoms with E-state index in [1.54, 1.807) is 9.29 Å². The van der Waals surface area contributed by atoms with Gasteiger partial charge >= 0.3 is 0 Å². The summed E-state index contributed by atoms with van der Waals surface area (Å²) in [7, 11) is -4.27. The van der Waals surface area contributed by atoms with E-state index in [-0.39, 0.29) is 10.9 Å². The summed E-state index contributed by atoms with van der Waals surface area (Å²) >= 11 is 0. The van der Waals surface area contributed by atoms with Gasteiger partial charge in [0.15, 0.2) is 16.7 Å². The first-order valence-electron chi connectivity index (χ1n) is 6.73. The lowest BCUT2D eigenvalue weighted by Gasteiger charge is -2.06. The fourth-order valence-corrected chi connectivity index (χ4v) is 2.83. The third-order valence-electron chi connectivity index (χ3n) is 2.88. The molecule has 1 heterocycles. The second kappa shape index (κ2) is 6.45. The van der Waals surface area contributed by atoms with Gasteiger partial charge in [0, 0.05) is 12.7 Å². The monoisotopic (exact) mass is 343 g/mol. The Balaban J connectivity index is 2.22. The van der Waals surface area contributed by atoms with Crippen LogP contribution in [0.3, 0.4) is 0 Å². The molecular weight excluding hydrogens is 328 g/mol. The van der Waals surface area contributed by atoms with E-state index >= 15 is 0 Å². The maximum atomic E-state index is 13.5. The highest BCUT2D eigenvalue weighted by molar-refractivity contribution is 7.90. The molecule has 2 aromatic rings. The number of carbonyl (C=O) groups is 1. The lowest BCUT2D eigenvalue weighted by atomic mass is 10.2. The average Bonchev–Trinajstić information content (AvgIpc) is 2.89. The zero-order valence-corrected chi connectivity index (χ0v) is 13.3. The Hall–Kier alpha value is -2.29. The van der Waals surface area contributed by atoms with E-state index in [9.17, 15) is 22.0 Å². The van der Waals surface area contributed by atoms with Crippen molar-refractivity contribution in [1.29, 1.82) is 0 Å². The number of nitrogens with zero attached hydrogens (tertiary/aromatic N) is 2. The van der Waals surface area contributed by atoms with E-state index in [1.165, 1.54) is 12.5 Å². The quantitative estimate of drug-likeness (QED) is 0.899. The molecule has 0 saturated carbocycles. The van der Waals surface area contributed by atoms with Crippen LogP contribution in [-0.4, -0.2) is 23.9 Å². The van der Waals surface area contributed by atoms with Crippen LogP contribution in [-0.2, 0) is 16.6 Å². The van der Waals surface area contributed by atoms with Gasteiger partial charge in [-0.3, -0.25) is 4.79 Å². The second-order valence-corrected chi connectivity index (χ2v) is 6.97. The number of imidazole rings is 1. The van der Waals surface area contributed by atoms with Crippen LogP contribution in [0.15, 0.2) is 35.7 Å². The molecule has 1 N–H and O–H groups in total. The molecule has 1 amide bonds. The molecule has 0 aliphatic carbocycles. The molecule has 1 aromatic heterocycles. The van der Waals surface area contributed by atoms with Crippen LogP contribution in [0.5, 0.6) is 0 Å². The molecule has 0 bridgehead atoms. The molecule has 2 rings (SSSR count). The van der Waals surface area contributed by atoms with Crippen molar-refractivity contribution >= 4 is 15.9 Å². The number of nitrogens with one attached hydrogen (secondary N) is 1. The summed E-state index contributed by atoms with van der Waals surface area (Å²) < 4.78 is 54.0.